The number of nitrogens with zero attached hydrogens (tertiary/aromatic N) is 2. The fraction of sp³-hybridized carbons (Fsp3) is 1.00. The summed E-state index contributed by atoms with van der Waals surface area (Å²) in [7, 11) is 0. The van der Waals surface area contributed by atoms with Crippen LogP contribution >= 0.6 is 0 Å². The summed E-state index contributed by atoms with van der Waals surface area (Å²) in [5, 5.41) is 29.5. The summed E-state index contributed by atoms with van der Waals surface area (Å²) in [5.41, 5.74) is 14.3. The van der Waals surface area contributed by atoms with Crippen LogP contribution in [0.3, 0.4) is 0 Å². The van der Waals surface area contributed by atoms with E-state index >= 15 is 0 Å². The number of nitrogens with one attached hydrogen (secondary N) is 2. The minimum Gasteiger partial charge on any atom is -0.676 e. The summed E-state index contributed by atoms with van der Waals surface area (Å²) in [6, 6.07) is -0.139. The fourth-order valence-corrected chi connectivity index (χ4v) is 0.960. The summed E-state index contributed by atoms with van der Waals surface area (Å²) in [5.74, 6) is 0. The Labute approximate surface area is 105 Å². The van der Waals surface area contributed by atoms with Crippen LogP contribution < -0.4 is 0 Å². The van der Waals surface area contributed by atoms with Gasteiger partial charge in [0, 0.05) is 0 Å². The van der Waals surface area contributed by atoms with Crippen molar-refractivity contribution in [3.8, 4) is 0 Å². The van der Waals surface area contributed by atoms with Gasteiger partial charge in [-0.3, -0.25) is 0 Å². The molecule has 1 aliphatic carbocycles. The molecule has 1 fully saturated rings. The van der Waals surface area contributed by atoms with Gasteiger partial charge in [-0.1, -0.05) is 19.3 Å². The maximum absolute atomic E-state index is 8.25. The molecule has 1 rings (SSSR count). The standard InChI is InChI=1S/C5H10N2.2NO3.Pt/c6-4-2-1-3-5(4)7;2*2-1(3)4;/h4-7H,1-3H2;;;/q-2;2*-1;+4. The van der Waals surface area contributed by atoms with Gasteiger partial charge in [0.15, 0.2) is 0 Å². The van der Waals surface area contributed by atoms with Gasteiger partial charge in [-0.25, -0.2) is 0 Å². The molecule has 16 heavy (non-hydrogen) atoms. The Bertz CT molecular complexity index is 177. The van der Waals surface area contributed by atoms with Crippen LogP contribution in [0, 0.1) is 30.6 Å². The van der Waals surface area contributed by atoms with Crippen molar-refractivity contribution in [3.05, 3.63) is 42.1 Å². The first-order chi connectivity index (χ1) is 6.77. The van der Waals surface area contributed by atoms with E-state index in [2.05, 4.69) is 0 Å². The van der Waals surface area contributed by atoms with E-state index in [0.29, 0.717) is 0 Å². The Hall–Kier alpha value is -0.992. The molecule has 96 valence electrons. The molecule has 1 saturated carbocycles. The molecule has 0 aliphatic heterocycles. The van der Waals surface area contributed by atoms with Gasteiger partial charge in [-0.05, 0) is 0 Å². The van der Waals surface area contributed by atoms with Crippen LogP contribution in [0.4, 0.5) is 0 Å². The van der Waals surface area contributed by atoms with Gasteiger partial charge in [-0.2, -0.15) is 12.1 Å². The van der Waals surface area contributed by atoms with Gasteiger partial charge in [0.05, 0.1) is 10.2 Å². The zero-order valence-corrected chi connectivity index (χ0v) is 10.2. The Morgan fingerprint density at radius 1 is 0.875 bits per heavy atom. The van der Waals surface area contributed by atoms with Gasteiger partial charge in [0.2, 0.25) is 0 Å². The predicted octanol–water partition coefficient (Wildman–Crippen LogP) is 1.53. The van der Waals surface area contributed by atoms with Crippen molar-refractivity contribution in [2.75, 3.05) is 0 Å². The van der Waals surface area contributed by atoms with Crippen molar-refractivity contribution in [2.45, 2.75) is 31.3 Å². The summed E-state index contributed by atoms with van der Waals surface area (Å²) in [6.45, 7) is 0. The van der Waals surface area contributed by atoms with Crippen LogP contribution in [0.15, 0.2) is 0 Å². The van der Waals surface area contributed by atoms with E-state index in [4.69, 9.17) is 42.1 Å². The van der Waals surface area contributed by atoms with E-state index in [1.54, 1.807) is 0 Å². The number of hydrogen-bond acceptors (Lipinski definition) is 6. The molecule has 1 aliphatic rings. The first-order valence-electron chi connectivity index (χ1n) is 3.82. The van der Waals surface area contributed by atoms with Gasteiger partial charge in [-0.15, -0.1) is 0 Å². The predicted molar refractivity (Wildman–Crippen MR) is 50.8 cm³/mol. The molecule has 0 amide bonds. The van der Waals surface area contributed by atoms with Crippen molar-refractivity contribution in [1.29, 1.82) is 0 Å². The van der Waals surface area contributed by atoms with Crippen LogP contribution in [-0.4, -0.2) is 22.3 Å². The third kappa shape index (κ3) is 23.1. The van der Waals surface area contributed by atoms with E-state index < -0.39 is 10.2 Å². The molecule has 0 saturated heterocycles. The SMILES string of the molecule is O=[N+]([O-])[O-].O=[N+]([O-])[O-].[NH-]C1CCCC1[NH-].[Pt+4]. The minimum absolute atomic E-state index is 0. The number of hydrogen-bond donors (Lipinski definition) is 0. The Morgan fingerprint density at radius 3 is 1.12 bits per heavy atom. The molecule has 0 bridgehead atoms. The Balaban J connectivity index is -0.000000166. The fourth-order valence-electron chi connectivity index (χ4n) is 0.960. The molecule has 2 unspecified atom stereocenters. The summed E-state index contributed by atoms with van der Waals surface area (Å²) in [6.07, 6.45) is 3.00. The van der Waals surface area contributed by atoms with Crippen LogP contribution in [0.25, 0.3) is 11.5 Å². The van der Waals surface area contributed by atoms with Crippen LogP contribution in [0.5, 0.6) is 0 Å². The largest absolute Gasteiger partial charge is 4.00 e. The molecule has 0 heterocycles. The molecule has 2 atom stereocenters. The zero-order valence-electron chi connectivity index (χ0n) is 7.94. The van der Waals surface area contributed by atoms with Crippen molar-refractivity contribution >= 4 is 0 Å². The maximum Gasteiger partial charge on any atom is 4.00 e. The molecule has 11 heteroatoms. The molecule has 2 N–H and O–H groups in total. The maximum atomic E-state index is 8.25. The van der Waals surface area contributed by atoms with Crippen molar-refractivity contribution in [2.24, 2.45) is 0 Å². The molecular weight excluding hydrogens is 407 g/mol. The minimum atomic E-state index is -1.75. The Morgan fingerprint density at radius 2 is 1.06 bits per heavy atom. The summed E-state index contributed by atoms with van der Waals surface area (Å²) >= 11 is 0. The van der Waals surface area contributed by atoms with Crippen LogP contribution in [0.2, 0.25) is 0 Å². The van der Waals surface area contributed by atoms with Crippen molar-refractivity contribution < 1.29 is 31.2 Å². The van der Waals surface area contributed by atoms with Gasteiger partial charge < -0.3 is 42.1 Å². The first-order valence-corrected chi connectivity index (χ1v) is 3.82. The molecule has 0 spiro atoms. The normalized spacial score (nSPS) is 21.4. The van der Waals surface area contributed by atoms with E-state index in [0.717, 1.165) is 19.3 Å². The average Bonchev–Trinajstić information content (AvgIpc) is 2.33. The first kappa shape index (κ1) is 20.4. The molecular formula is C5H10N4O6Pt. The monoisotopic (exact) mass is 417 g/mol. The Kier molecular flexibility index (Phi) is 15.4. The molecule has 0 aromatic carbocycles. The smallest absolute Gasteiger partial charge is 0.676 e. The van der Waals surface area contributed by atoms with Crippen LogP contribution in [-0.2, 0) is 21.1 Å². The third-order valence-electron chi connectivity index (χ3n) is 1.52. The molecule has 0 radical (unpaired) electrons. The second-order valence-corrected chi connectivity index (χ2v) is 2.59. The van der Waals surface area contributed by atoms with Crippen molar-refractivity contribution in [1.82, 2.24) is 0 Å². The zero-order chi connectivity index (χ0) is 12.4. The second-order valence-electron chi connectivity index (χ2n) is 2.59. The topological polar surface area (TPSA) is 180 Å². The van der Waals surface area contributed by atoms with Crippen molar-refractivity contribution in [3.63, 3.8) is 0 Å². The number of rotatable bonds is 0. The van der Waals surface area contributed by atoms with Gasteiger partial charge in [0.1, 0.15) is 0 Å². The van der Waals surface area contributed by atoms with E-state index in [9.17, 15) is 0 Å². The van der Waals surface area contributed by atoms with Crippen LogP contribution in [0.1, 0.15) is 19.3 Å². The quantitative estimate of drug-likeness (QED) is 0.425. The second kappa shape index (κ2) is 12.1. The summed E-state index contributed by atoms with van der Waals surface area (Å²) in [4.78, 5) is 16.5. The summed E-state index contributed by atoms with van der Waals surface area (Å²) < 4.78 is 0. The molecule has 0 aromatic heterocycles. The molecule has 10 nitrogen and oxygen atoms in total. The average molecular weight is 417 g/mol. The van der Waals surface area contributed by atoms with Gasteiger partial charge >= 0.3 is 21.1 Å². The van der Waals surface area contributed by atoms with E-state index in [-0.39, 0.29) is 33.1 Å². The third-order valence-corrected chi connectivity index (χ3v) is 1.52. The van der Waals surface area contributed by atoms with Gasteiger partial charge in [0.25, 0.3) is 0 Å². The van der Waals surface area contributed by atoms with E-state index in [1.165, 1.54) is 0 Å². The molecule has 0 aromatic rings. The van der Waals surface area contributed by atoms with E-state index in [1.807, 2.05) is 0 Å².